The van der Waals surface area contributed by atoms with Crippen LogP contribution in [-0.2, 0) is 6.54 Å². The van der Waals surface area contributed by atoms with Crippen LogP contribution in [0.5, 0.6) is 0 Å². The lowest BCUT2D eigenvalue weighted by atomic mass is 9.77. The van der Waals surface area contributed by atoms with Crippen molar-refractivity contribution < 1.29 is 0 Å². The Morgan fingerprint density at radius 3 is 2.63 bits per heavy atom. The molecule has 0 bridgehead atoms. The fourth-order valence-electron chi connectivity index (χ4n) is 3.66. The summed E-state index contributed by atoms with van der Waals surface area (Å²) in [5.74, 6) is 2.96. The Balaban J connectivity index is 2.00. The van der Waals surface area contributed by atoms with Gasteiger partial charge in [-0.25, -0.2) is 4.98 Å². The summed E-state index contributed by atoms with van der Waals surface area (Å²) in [5, 5.41) is 3.51. The number of nitrogens with zero attached hydrogens (tertiary/aromatic N) is 2. The smallest absolute Gasteiger partial charge is 0.126 e. The van der Waals surface area contributed by atoms with E-state index >= 15 is 0 Å². The van der Waals surface area contributed by atoms with Gasteiger partial charge in [-0.05, 0) is 38.6 Å². The molecule has 19 heavy (non-hydrogen) atoms. The lowest BCUT2D eigenvalue weighted by Gasteiger charge is -2.33. The summed E-state index contributed by atoms with van der Waals surface area (Å²) in [7, 11) is 2.08. The van der Waals surface area contributed by atoms with Gasteiger partial charge in [-0.15, -0.1) is 0 Å². The fraction of sp³-hybridized carbons (Fsp3) is 0.812. The first kappa shape index (κ1) is 14.6. The summed E-state index contributed by atoms with van der Waals surface area (Å²) >= 11 is 0. The van der Waals surface area contributed by atoms with E-state index in [2.05, 4.69) is 42.0 Å². The summed E-state index contributed by atoms with van der Waals surface area (Å²) in [4.78, 5) is 4.59. The maximum atomic E-state index is 4.59. The molecular formula is C16H29N3. The van der Waals surface area contributed by atoms with E-state index in [-0.39, 0.29) is 0 Å². The maximum absolute atomic E-state index is 4.59. The molecule has 0 spiro atoms. The van der Waals surface area contributed by atoms with E-state index in [4.69, 9.17) is 0 Å². The summed E-state index contributed by atoms with van der Waals surface area (Å²) in [6.07, 6.45) is 12.3. The molecule has 3 nitrogen and oxygen atoms in total. The van der Waals surface area contributed by atoms with Crippen LogP contribution in [0.25, 0.3) is 0 Å². The zero-order valence-corrected chi connectivity index (χ0v) is 12.7. The normalized spacial score (nSPS) is 25.4. The molecule has 1 fully saturated rings. The lowest BCUT2D eigenvalue weighted by molar-refractivity contribution is 0.212. The van der Waals surface area contributed by atoms with Crippen LogP contribution in [0.15, 0.2) is 12.4 Å². The molecule has 0 aliphatic heterocycles. The highest BCUT2D eigenvalue weighted by molar-refractivity contribution is 5.02. The fourth-order valence-corrected chi connectivity index (χ4v) is 3.66. The Morgan fingerprint density at radius 2 is 2.05 bits per heavy atom. The molecule has 1 atom stereocenters. The van der Waals surface area contributed by atoms with Gasteiger partial charge in [-0.1, -0.05) is 32.6 Å². The van der Waals surface area contributed by atoms with Crippen LogP contribution in [0, 0.1) is 11.8 Å². The molecule has 1 aliphatic rings. The highest BCUT2D eigenvalue weighted by Crippen LogP contribution is 2.37. The lowest BCUT2D eigenvalue weighted by Crippen LogP contribution is -2.31. The van der Waals surface area contributed by atoms with Gasteiger partial charge in [0.25, 0.3) is 0 Å². The Labute approximate surface area is 117 Å². The Kier molecular flexibility index (Phi) is 5.44. The maximum Gasteiger partial charge on any atom is 0.126 e. The summed E-state index contributed by atoms with van der Waals surface area (Å²) in [6.45, 7) is 5.51. The summed E-state index contributed by atoms with van der Waals surface area (Å²) < 4.78 is 2.28. The van der Waals surface area contributed by atoms with Crippen LogP contribution in [0.2, 0.25) is 0 Å². The Bertz CT molecular complexity index is 364. The van der Waals surface area contributed by atoms with Gasteiger partial charge in [0.05, 0.1) is 6.04 Å². The summed E-state index contributed by atoms with van der Waals surface area (Å²) in [5.41, 5.74) is 0. The number of aromatic nitrogens is 2. The molecule has 0 radical (unpaired) electrons. The standard InChI is InChI=1S/C16H29N3/c1-4-6-13-7-9-14(10-8-13)15(17-3)16-18-11-12-19(16)5-2/h11-15,17H,4-10H2,1-3H3. The monoisotopic (exact) mass is 263 g/mol. The number of rotatable bonds is 6. The van der Waals surface area contributed by atoms with Crippen LogP contribution < -0.4 is 5.32 Å². The minimum atomic E-state index is 0.428. The first-order valence-electron chi connectivity index (χ1n) is 7.98. The van der Waals surface area contributed by atoms with Gasteiger partial charge in [-0.2, -0.15) is 0 Å². The number of aryl methyl sites for hydroxylation is 1. The highest BCUT2D eigenvalue weighted by Gasteiger charge is 2.29. The molecule has 1 aromatic rings. The van der Waals surface area contributed by atoms with E-state index in [0.29, 0.717) is 6.04 Å². The van der Waals surface area contributed by atoms with Gasteiger partial charge in [0.15, 0.2) is 0 Å². The molecule has 3 heteroatoms. The summed E-state index contributed by atoms with van der Waals surface area (Å²) in [6, 6.07) is 0.428. The molecule has 1 saturated carbocycles. The Morgan fingerprint density at radius 1 is 1.32 bits per heavy atom. The van der Waals surface area contributed by atoms with Gasteiger partial charge in [-0.3, -0.25) is 0 Å². The second-order valence-corrected chi connectivity index (χ2v) is 5.91. The van der Waals surface area contributed by atoms with Crippen molar-refractivity contribution in [3.8, 4) is 0 Å². The van der Waals surface area contributed by atoms with Crippen LogP contribution in [-0.4, -0.2) is 16.6 Å². The molecule has 108 valence electrons. The largest absolute Gasteiger partial charge is 0.334 e. The zero-order chi connectivity index (χ0) is 13.7. The van der Waals surface area contributed by atoms with Crippen molar-refractivity contribution in [2.24, 2.45) is 11.8 Å². The van der Waals surface area contributed by atoms with Crippen molar-refractivity contribution in [1.29, 1.82) is 0 Å². The van der Waals surface area contributed by atoms with Crippen LogP contribution >= 0.6 is 0 Å². The van der Waals surface area contributed by atoms with E-state index < -0.39 is 0 Å². The third-order valence-electron chi connectivity index (χ3n) is 4.74. The number of imidazole rings is 1. The van der Waals surface area contributed by atoms with Crippen LogP contribution in [0.1, 0.15) is 64.2 Å². The molecule has 2 rings (SSSR count). The van der Waals surface area contributed by atoms with Gasteiger partial charge in [0, 0.05) is 18.9 Å². The SMILES string of the molecule is CCCC1CCC(C(NC)c2nccn2CC)CC1. The van der Waals surface area contributed by atoms with Gasteiger partial charge in [0.2, 0.25) is 0 Å². The zero-order valence-electron chi connectivity index (χ0n) is 12.7. The predicted molar refractivity (Wildman–Crippen MR) is 80.1 cm³/mol. The first-order valence-corrected chi connectivity index (χ1v) is 7.98. The molecule has 0 aromatic carbocycles. The third-order valence-corrected chi connectivity index (χ3v) is 4.74. The van der Waals surface area contributed by atoms with Crippen molar-refractivity contribution in [2.75, 3.05) is 7.05 Å². The van der Waals surface area contributed by atoms with Crippen molar-refractivity contribution in [3.05, 3.63) is 18.2 Å². The van der Waals surface area contributed by atoms with E-state index in [1.807, 2.05) is 6.20 Å². The number of hydrogen-bond donors (Lipinski definition) is 1. The minimum absolute atomic E-state index is 0.428. The van der Waals surface area contributed by atoms with E-state index in [9.17, 15) is 0 Å². The van der Waals surface area contributed by atoms with E-state index in [1.54, 1.807) is 0 Å². The molecule has 1 aliphatic carbocycles. The predicted octanol–water partition coefficient (Wildman–Crippen LogP) is 3.77. The first-order chi connectivity index (χ1) is 9.30. The highest BCUT2D eigenvalue weighted by atomic mass is 15.1. The second kappa shape index (κ2) is 7.09. The van der Waals surface area contributed by atoms with E-state index in [0.717, 1.165) is 18.4 Å². The molecule has 1 N–H and O–H groups in total. The topological polar surface area (TPSA) is 29.9 Å². The van der Waals surface area contributed by atoms with Gasteiger partial charge >= 0.3 is 0 Å². The van der Waals surface area contributed by atoms with Crippen LogP contribution in [0.4, 0.5) is 0 Å². The van der Waals surface area contributed by atoms with Crippen LogP contribution in [0.3, 0.4) is 0 Å². The van der Waals surface area contributed by atoms with Gasteiger partial charge < -0.3 is 9.88 Å². The molecule has 0 saturated heterocycles. The van der Waals surface area contributed by atoms with Crippen molar-refractivity contribution >= 4 is 0 Å². The van der Waals surface area contributed by atoms with Gasteiger partial charge in [0.1, 0.15) is 5.82 Å². The second-order valence-electron chi connectivity index (χ2n) is 5.91. The van der Waals surface area contributed by atoms with Crippen molar-refractivity contribution in [2.45, 2.75) is 65.0 Å². The van der Waals surface area contributed by atoms with Crippen molar-refractivity contribution in [3.63, 3.8) is 0 Å². The molecular weight excluding hydrogens is 234 g/mol. The minimum Gasteiger partial charge on any atom is -0.334 e. The Hall–Kier alpha value is -0.830. The number of nitrogens with one attached hydrogen (secondary N) is 1. The quantitative estimate of drug-likeness (QED) is 0.846. The molecule has 1 aromatic heterocycles. The molecule has 1 unspecified atom stereocenters. The average Bonchev–Trinajstić information content (AvgIpc) is 2.90. The molecule has 0 amide bonds. The molecule has 1 heterocycles. The van der Waals surface area contributed by atoms with Crippen molar-refractivity contribution in [1.82, 2.24) is 14.9 Å². The number of hydrogen-bond acceptors (Lipinski definition) is 2. The third kappa shape index (κ3) is 3.38. The van der Waals surface area contributed by atoms with E-state index in [1.165, 1.54) is 44.3 Å². The average molecular weight is 263 g/mol.